The van der Waals surface area contributed by atoms with Crippen LogP contribution in [-0.4, -0.2) is 35.7 Å². The molecule has 1 aliphatic heterocycles. The number of ether oxygens (including phenoxy) is 2. The molecule has 0 aliphatic carbocycles. The number of rotatable bonds is 6. The van der Waals surface area contributed by atoms with Gasteiger partial charge in [-0.2, -0.15) is 0 Å². The maximum Gasteiger partial charge on any atom is 0.350 e. The molecule has 0 fully saturated rings. The van der Waals surface area contributed by atoms with Crippen molar-refractivity contribution in [3.8, 4) is 11.5 Å². The SMILES string of the molecule is C=CCOC(=O)c1sc(N2C(=O)c3oc4ccccc4c(=O)c3C2c2ccc(O)c(OC)c2)nc1C. The zero-order valence-corrected chi connectivity index (χ0v) is 20.1. The van der Waals surface area contributed by atoms with Gasteiger partial charge in [0.15, 0.2) is 22.1 Å². The molecule has 9 nitrogen and oxygen atoms in total. The van der Waals surface area contributed by atoms with E-state index in [-0.39, 0.29) is 50.5 Å². The number of carbonyl (C=O) groups excluding carboxylic acids is 2. The Bertz CT molecular complexity index is 1600. The van der Waals surface area contributed by atoms with E-state index in [0.717, 1.165) is 11.3 Å². The summed E-state index contributed by atoms with van der Waals surface area (Å²) >= 11 is 0.972. The molecule has 1 N–H and O–H groups in total. The van der Waals surface area contributed by atoms with Gasteiger partial charge in [0.25, 0.3) is 5.91 Å². The number of nitrogens with zero attached hydrogens (tertiary/aromatic N) is 2. The van der Waals surface area contributed by atoms with E-state index in [1.807, 2.05) is 0 Å². The van der Waals surface area contributed by atoms with E-state index < -0.39 is 17.9 Å². The number of carbonyl (C=O) groups is 2. The van der Waals surface area contributed by atoms with Crippen LogP contribution in [0.3, 0.4) is 0 Å². The number of thiazole rings is 1. The van der Waals surface area contributed by atoms with Gasteiger partial charge in [0.1, 0.15) is 17.1 Å². The van der Waals surface area contributed by atoms with E-state index in [0.29, 0.717) is 16.6 Å². The zero-order valence-electron chi connectivity index (χ0n) is 19.3. The van der Waals surface area contributed by atoms with Gasteiger partial charge >= 0.3 is 5.97 Å². The molecule has 0 saturated heterocycles. The Hall–Kier alpha value is -4.44. The van der Waals surface area contributed by atoms with Crippen molar-refractivity contribution in [2.45, 2.75) is 13.0 Å². The highest BCUT2D eigenvalue weighted by Gasteiger charge is 2.45. The molecule has 0 radical (unpaired) electrons. The molecule has 4 aromatic rings. The molecular formula is C26H20N2O7S. The van der Waals surface area contributed by atoms with E-state index in [2.05, 4.69) is 11.6 Å². The number of hydrogen-bond acceptors (Lipinski definition) is 9. The average Bonchev–Trinajstić information content (AvgIpc) is 3.40. The van der Waals surface area contributed by atoms with Crippen molar-refractivity contribution in [1.29, 1.82) is 0 Å². The number of esters is 1. The number of aromatic hydroxyl groups is 1. The lowest BCUT2D eigenvalue weighted by Crippen LogP contribution is -2.29. The van der Waals surface area contributed by atoms with Crippen LogP contribution in [0.15, 0.2) is 64.3 Å². The predicted molar refractivity (Wildman–Crippen MR) is 133 cm³/mol. The first-order chi connectivity index (χ1) is 17.3. The highest BCUT2D eigenvalue weighted by molar-refractivity contribution is 7.17. The fourth-order valence-electron chi connectivity index (χ4n) is 4.17. The quantitative estimate of drug-likeness (QED) is 0.304. The standard InChI is InChI=1S/C26H20N2O7S/c1-4-11-34-25(32)23-13(2)27-26(36-23)28-20(14-9-10-16(29)18(12-14)33-3)19-21(30)15-7-5-6-8-17(15)35-22(19)24(28)31/h4-10,12,20,29H,1,11H2,2-3H3. The summed E-state index contributed by atoms with van der Waals surface area (Å²) in [5, 5.41) is 10.6. The van der Waals surface area contributed by atoms with E-state index in [1.165, 1.54) is 24.2 Å². The van der Waals surface area contributed by atoms with Crippen molar-refractivity contribution in [1.82, 2.24) is 4.98 Å². The van der Waals surface area contributed by atoms with E-state index in [1.54, 1.807) is 43.3 Å². The first-order valence-corrected chi connectivity index (χ1v) is 11.7. The maximum atomic E-state index is 13.7. The van der Waals surface area contributed by atoms with Crippen LogP contribution in [0.2, 0.25) is 0 Å². The minimum Gasteiger partial charge on any atom is -0.504 e. The van der Waals surface area contributed by atoms with Gasteiger partial charge in [-0.05, 0) is 36.8 Å². The number of aryl methyl sites for hydroxylation is 1. The summed E-state index contributed by atoms with van der Waals surface area (Å²) < 4.78 is 16.3. The number of amides is 1. The van der Waals surface area contributed by atoms with Crippen molar-refractivity contribution in [3.05, 3.63) is 92.8 Å². The minimum atomic E-state index is -0.939. The summed E-state index contributed by atoms with van der Waals surface area (Å²) in [5.41, 5.74) is 0.915. The fraction of sp³-hybridized carbons (Fsp3) is 0.154. The maximum absolute atomic E-state index is 13.7. The summed E-state index contributed by atoms with van der Waals surface area (Å²) in [6.07, 6.45) is 1.45. The molecule has 10 heteroatoms. The lowest BCUT2D eigenvalue weighted by atomic mass is 9.98. The smallest absolute Gasteiger partial charge is 0.350 e. The van der Waals surface area contributed by atoms with Crippen LogP contribution < -0.4 is 15.1 Å². The molecule has 1 aliphatic rings. The van der Waals surface area contributed by atoms with Crippen LogP contribution in [-0.2, 0) is 4.74 Å². The summed E-state index contributed by atoms with van der Waals surface area (Å²) in [5.74, 6) is -1.21. The van der Waals surface area contributed by atoms with Gasteiger partial charge in [-0.3, -0.25) is 14.5 Å². The largest absolute Gasteiger partial charge is 0.504 e. The second-order valence-corrected chi connectivity index (χ2v) is 8.95. The molecule has 182 valence electrons. The second kappa shape index (κ2) is 8.97. The molecule has 0 bridgehead atoms. The van der Waals surface area contributed by atoms with Gasteiger partial charge in [-0.15, -0.1) is 0 Å². The molecule has 2 aromatic carbocycles. The summed E-state index contributed by atoms with van der Waals surface area (Å²) in [4.78, 5) is 45.9. The molecule has 1 amide bonds. The molecule has 0 spiro atoms. The molecule has 1 atom stereocenters. The number of anilines is 1. The first kappa shape index (κ1) is 23.3. The van der Waals surface area contributed by atoms with Crippen LogP contribution >= 0.6 is 11.3 Å². The molecule has 36 heavy (non-hydrogen) atoms. The monoisotopic (exact) mass is 504 g/mol. The predicted octanol–water partition coefficient (Wildman–Crippen LogP) is 4.36. The Morgan fingerprint density at radius 3 is 2.81 bits per heavy atom. The van der Waals surface area contributed by atoms with Crippen LogP contribution in [0.25, 0.3) is 11.0 Å². The Kier molecular flexibility index (Phi) is 5.81. The number of phenols is 1. The van der Waals surface area contributed by atoms with Crippen molar-refractivity contribution in [3.63, 3.8) is 0 Å². The molecular weight excluding hydrogens is 484 g/mol. The first-order valence-electron chi connectivity index (χ1n) is 10.9. The van der Waals surface area contributed by atoms with Gasteiger partial charge < -0.3 is 19.0 Å². The summed E-state index contributed by atoms with van der Waals surface area (Å²) in [7, 11) is 1.40. The Labute approximate surface area is 208 Å². The van der Waals surface area contributed by atoms with E-state index in [4.69, 9.17) is 13.9 Å². The van der Waals surface area contributed by atoms with Crippen LogP contribution in [0.5, 0.6) is 11.5 Å². The normalized spacial score (nSPS) is 14.7. The van der Waals surface area contributed by atoms with Crippen molar-refractivity contribution in [2.75, 3.05) is 18.6 Å². The van der Waals surface area contributed by atoms with Crippen molar-refractivity contribution < 1.29 is 28.6 Å². The minimum absolute atomic E-state index is 0.0283. The molecule has 1 unspecified atom stereocenters. The number of fused-ring (bicyclic) bond motifs is 2. The van der Waals surface area contributed by atoms with Gasteiger partial charge in [0.2, 0.25) is 5.76 Å². The highest BCUT2D eigenvalue weighted by Crippen LogP contribution is 2.44. The molecule has 5 rings (SSSR count). The number of benzene rings is 2. The third kappa shape index (κ3) is 3.62. The Morgan fingerprint density at radius 2 is 2.06 bits per heavy atom. The highest BCUT2D eigenvalue weighted by atomic mass is 32.1. The second-order valence-electron chi connectivity index (χ2n) is 7.98. The molecule has 2 aromatic heterocycles. The number of methoxy groups -OCH3 is 1. The fourth-order valence-corrected chi connectivity index (χ4v) is 5.16. The Balaban J connectivity index is 1.73. The van der Waals surface area contributed by atoms with Crippen molar-refractivity contribution >= 4 is 39.3 Å². The van der Waals surface area contributed by atoms with Gasteiger partial charge in [-0.1, -0.05) is 42.2 Å². The topological polar surface area (TPSA) is 119 Å². The zero-order chi connectivity index (χ0) is 25.6. The summed E-state index contributed by atoms with van der Waals surface area (Å²) in [6, 6.07) is 10.3. The van der Waals surface area contributed by atoms with E-state index in [9.17, 15) is 19.5 Å². The lowest BCUT2D eigenvalue weighted by Gasteiger charge is -2.23. The number of para-hydroxylation sites is 1. The van der Waals surface area contributed by atoms with Crippen LogP contribution in [0.1, 0.15) is 43.1 Å². The number of aromatic nitrogens is 1. The lowest BCUT2D eigenvalue weighted by molar-refractivity contribution is 0.0554. The van der Waals surface area contributed by atoms with Crippen LogP contribution in [0, 0.1) is 6.92 Å². The Morgan fingerprint density at radius 1 is 1.28 bits per heavy atom. The number of phenolic OH excluding ortho intramolecular Hbond substituents is 1. The van der Waals surface area contributed by atoms with Gasteiger partial charge in [0, 0.05) is 0 Å². The average molecular weight is 505 g/mol. The van der Waals surface area contributed by atoms with Gasteiger partial charge in [-0.25, -0.2) is 9.78 Å². The van der Waals surface area contributed by atoms with Crippen LogP contribution in [0.4, 0.5) is 5.13 Å². The number of hydrogen-bond donors (Lipinski definition) is 1. The molecule has 3 heterocycles. The third-order valence-electron chi connectivity index (χ3n) is 5.81. The van der Waals surface area contributed by atoms with Gasteiger partial charge in [0.05, 0.1) is 29.8 Å². The molecule has 0 saturated carbocycles. The van der Waals surface area contributed by atoms with Crippen molar-refractivity contribution in [2.24, 2.45) is 0 Å². The third-order valence-corrected chi connectivity index (χ3v) is 6.94. The summed E-state index contributed by atoms with van der Waals surface area (Å²) in [6.45, 7) is 5.20. The van der Waals surface area contributed by atoms with E-state index >= 15 is 0 Å².